The third-order valence-corrected chi connectivity index (χ3v) is 4.50. The van der Waals surface area contributed by atoms with Gasteiger partial charge in [-0.25, -0.2) is 9.50 Å². The van der Waals surface area contributed by atoms with Gasteiger partial charge in [0.1, 0.15) is 0 Å². The number of nitrogens with zero attached hydrogens (tertiary/aromatic N) is 5. The summed E-state index contributed by atoms with van der Waals surface area (Å²) >= 11 is 0. The van der Waals surface area contributed by atoms with Gasteiger partial charge < -0.3 is 14.5 Å². The second kappa shape index (κ2) is 7.49. The molecule has 136 valence electrons. The van der Waals surface area contributed by atoms with Crippen LogP contribution >= 0.6 is 0 Å². The normalized spacial score (nSPS) is 17.6. The summed E-state index contributed by atoms with van der Waals surface area (Å²) in [7, 11) is 4.02. The van der Waals surface area contributed by atoms with Gasteiger partial charge in [0, 0.05) is 43.7 Å². The molecule has 0 spiro atoms. The van der Waals surface area contributed by atoms with Crippen LogP contribution < -0.4 is 0 Å². The van der Waals surface area contributed by atoms with Gasteiger partial charge in [0.15, 0.2) is 11.3 Å². The molecule has 3 rings (SSSR count). The third-order valence-electron chi connectivity index (χ3n) is 4.50. The molecule has 0 saturated carbocycles. The lowest BCUT2D eigenvalue weighted by molar-refractivity contribution is 0.0507. The molecule has 0 unspecified atom stereocenters. The Hall–Kier alpha value is -1.99. The number of hydrogen-bond donors (Lipinski definition) is 0. The number of rotatable bonds is 6. The minimum atomic E-state index is -0.0556. The maximum Gasteiger partial charge on any atom is 0.274 e. The van der Waals surface area contributed by atoms with Gasteiger partial charge in [-0.1, -0.05) is 0 Å². The van der Waals surface area contributed by atoms with Crippen molar-refractivity contribution in [1.82, 2.24) is 24.4 Å². The van der Waals surface area contributed by atoms with Gasteiger partial charge in [-0.05, 0) is 46.9 Å². The van der Waals surface area contributed by atoms with Crippen LogP contribution in [0.4, 0.5) is 0 Å². The zero-order chi connectivity index (χ0) is 18.0. The summed E-state index contributed by atoms with van der Waals surface area (Å²) in [5.41, 5.74) is 3.05. The molecular formula is C18H27N5O2. The highest BCUT2D eigenvalue weighted by atomic mass is 16.5. The first-order valence-electron chi connectivity index (χ1n) is 8.83. The molecule has 3 heterocycles. The van der Waals surface area contributed by atoms with E-state index in [2.05, 4.69) is 15.0 Å². The van der Waals surface area contributed by atoms with Crippen LogP contribution in [0.3, 0.4) is 0 Å². The summed E-state index contributed by atoms with van der Waals surface area (Å²) in [6, 6.07) is 3.74. The summed E-state index contributed by atoms with van der Waals surface area (Å²) in [6.07, 6.45) is 2.21. The fraction of sp³-hybridized carbons (Fsp3) is 0.611. The first kappa shape index (κ1) is 17.8. The maximum atomic E-state index is 13.1. The molecular weight excluding hydrogens is 318 g/mol. The summed E-state index contributed by atoms with van der Waals surface area (Å²) < 4.78 is 7.46. The van der Waals surface area contributed by atoms with Crippen LogP contribution in [-0.2, 0) is 4.74 Å². The van der Waals surface area contributed by atoms with Crippen molar-refractivity contribution in [3.8, 4) is 0 Å². The largest absolute Gasteiger partial charge is 0.376 e. The van der Waals surface area contributed by atoms with Crippen molar-refractivity contribution in [1.29, 1.82) is 0 Å². The maximum absolute atomic E-state index is 13.1. The zero-order valence-electron chi connectivity index (χ0n) is 15.5. The molecule has 0 aliphatic carbocycles. The first-order valence-corrected chi connectivity index (χ1v) is 8.83. The van der Waals surface area contributed by atoms with Crippen molar-refractivity contribution in [2.45, 2.75) is 32.8 Å². The molecule has 1 saturated heterocycles. The van der Waals surface area contributed by atoms with Crippen LogP contribution in [0.25, 0.3) is 5.65 Å². The summed E-state index contributed by atoms with van der Waals surface area (Å²) in [5, 5.41) is 4.48. The van der Waals surface area contributed by atoms with Gasteiger partial charge in [-0.3, -0.25) is 4.79 Å². The fourth-order valence-electron chi connectivity index (χ4n) is 3.18. The molecule has 0 bridgehead atoms. The minimum absolute atomic E-state index is 0.0556. The van der Waals surface area contributed by atoms with Crippen LogP contribution in [0.15, 0.2) is 12.1 Å². The van der Waals surface area contributed by atoms with E-state index < -0.39 is 0 Å². The molecule has 1 amide bonds. The van der Waals surface area contributed by atoms with E-state index in [-0.39, 0.29) is 12.0 Å². The SMILES string of the molecule is Cc1cc(C)n2nc(C(=O)N(CCN(C)C)C[C@H]3CCCO3)cc2n1. The fourth-order valence-corrected chi connectivity index (χ4v) is 3.18. The van der Waals surface area contributed by atoms with Crippen LogP contribution in [0.5, 0.6) is 0 Å². The molecule has 2 aromatic heterocycles. The number of carbonyl (C=O) groups excluding carboxylic acids is 1. The molecule has 1 aliphatic heterocycles. The van der Waals surface area contributed by atoms with Crippen LogP contribution in [0, 0.1) is 13.8 Å². The number of ether oxygens (including phenoxy) is 1. The van der Waals surface area contributed by atoms with Crippen molar-refractivity contribution in [2.24, 2.45) is 0 Å². The molecule has 25 heavy (non-hydrogen) atoms. The molecule has 0 N–H and O–H groups in total. The van der Waals surface area contributed by atoms with E-state index in [1.165, 1.54) is 0 Å². The number of aromatic nitrogens is 3. The van der Waals surface area contributed by atoms with E-state index >= 15 is 0 Å². The highest BCUT2D eigenvalue weighted by molar-refractivity contribution is 5.93. The standard InChI is InChI=1S/C18H27N5O2/c1-13-10-14(2)23-17(19-13)11-16(20-23)18(24)22(8-7-21(3)4)12-15-6-5-9-25-15/h10-11,15H,5-9,12H2,1-4H3/t15-/m1/s1. The second-order valence-electron chi connectivity index (χ2n) is 7.03. The quantitative estimate of drug-likeness (QED) is 0.794. The van der Waals surface area contributed by atoms with E-state index in [4.69, 9.17) is 4.74 Å². The minimum Gasteiger partial charge on any atom is -0.376 e. The van der Waals surface area contributed by atoms with E-state index in [1.54, 1.807) is 10.6 Å². The summed E-state index contributed by atoms with van der Waals surface area (Å²) in [6.45, 7) is 6.79. The summed E-state index contributed by atoms with van der Waals surface area (Å²) in [4.78, 5) is 21.5. The molecule has 0 radical (unpaired) electrons. The highest BCUT2D eigenvalue weighted by Crippen LogP contribution is 2.16. The Balaban J connectivity index is 1.83. The van der Waals surface area contributed by atoms with Crippen LogP contribution in [0.2, 0.25) is 0 Å². The second-order valence-corrected chi connectivity index (χ2v) is 7.03. The van der Waals surface area contributed by atoms with Crippen molar-refractivity contribution in [3.05, 3.63) is 29.2 Å². The Morgan fingerprint density at radius 2 is 2.12 bits per heavy atom. The predicted octanol–water partition coefficient (Wildman–Crippen LogP) is 1.53. The lowest BCUT2D eigenvalue weighted by Crippen LogP contribution is -2.41. The number of aryl methyl sites for hydroxylation is 2. The number of carbonyl (C=O) groups is 1. The monoisotopic (exact) mass is 345 g/mol. The predicted molar refractivity (Wildman–Crippen MR) is 95.9 cm³/mol. The van der Waals surface area contributed by atoms with Gasteiger partial charge in [-0.15, -0.1) is 0 Å². The first-order chi connectivity index (χ1) is 11.9. The van der Waals surface area contributed by atoms with E-state index in [0.717, 1.165) is 37.4 Å². The average molecular weight is 345 g/mol. The smallest absolute Gasteiger partial charge is 0.274 e. The Morgan fingerprint density at radius 1 is 1.32 bits per heavy atom. The lowest BCUT2D eigenvalue weighted by Gasteiger charge is -2.26. The van der Waals surface area contributed by atoms with Gasteiger partial charge in [0.05, 0.1) is 6.10 Å². The number of hydrogen-bond acceptors (Lipinski definition) is 5. The van der Waals surface area contributed by atoms with E-state index in [9.17, 15) is 4.79 Å². The lowest BCUT2D eigenvalue weighted by atomic mass is 10.2. The topological polar surface area (TPSA) is 63.0 Å². The average Bonchev–Trinajstić information content (AvgIpc) is 3.19. The number of likely N-dealkylation sites (N-methyl/N-ethyl adjacent to an activating group) is 1. The Labute approximate surface area is 148 Å². The number of fused-ring (bicyclic) bond motifs is 1. The molecule has 1 fully saturated rings. The highest BCUT2D eigenvalue weighted by Gasteiger charge is 2.25. The molecule has 2 aromatic rings. The van der Waals surface area contributed by atoms with Crippen molar-refractivity contribution in [3.63, 3.8) is 0 Å². The van der Waals surface area contributed by atoms with Gasteiger partial charge in [0.2, 0.25) is 0 Å². The van der Waals surface area contributed by atoms with Crippen molar-refractivity contribution >= 4 is 11.6 Å². The molecule has 0 aromatic carbocycles. The Morgan fingerprint density at radius 3 is 2.80 bits per heavy atom. The van der Waals surface area contributed by atoms with Gasteiger partial charge in [0.25, 0.3) is 5.91 Å². The van der Waals surface area contributed by atoms with Crippen LogP contribution in [-0.4, -0.2) is 76.7 Å². The third kappa shape index (κ3) is 4.16. The molecule has 7 nitrogen and oxygen atoms in total. The van der Waals surface area contributed by atoms with Crippen molar-refractivity contribution in [2.75, 3.05) is 40.3 Å². The molecule has 1 atom stereocenters. The van der Waals surface area contributed by atoms with E-state index in [1.807, 2.05) is 38.9 Å². The zero-order valence-corrected chi connectivity index (χ0v) is 15.5. The van der Waals surface area contributed by atoms with Gasteiger partial charge >= 0.3 is 0 Å². The molecule has 1 aliphatic rings. The van der Waals surface area contributed by atoms with Crippen LogP contribution in [0.1, 0.15) is 34.7 Å². The van der Waals surface area contributed by atoms with E-state index in [0.29, 0.717) is 24.4 Å². The molecule has 7 heteroatoms. The van der Waals surface area contributed by atoms with Crippen molar-refractivity contribution < 1.29 is 9.53 Å². The summed E-state index contributed by atoms with van der Waals surface area (Å²) in [5.74, 6) is -0.0556. The Bertz CT molecular complexity index is 749. The number of amides is 1. The van der Waals surface area contributed by atoms with Gasteiger partial charge in [-0.2, -0.15) is 5.10 Å². The Kier molecular flexibility index (Phi) is 5.34.